The number of carbonyl (C=O) groups is 1. The van der Waals surface area contributed by atoms with Crippen LogP contribution < -0.4 is 10.5 Å². The molecule has 2 aromatic rings. The van der Waals surface area contributed by atoms with Gasteiger partial charge >= 0.3 is 0 Å². The maximum Gasteiger partial charge on any atom is 0.174 e. The lowest BCUT2D eigenvalue weighted by atomic mass is 9.72. The summed E-state index contributed by atoms with van der Waals surface area (Å²) in [5.41, 5.74) is 9.59. The van der Waals surface area contributed by atoms with Crippen LogP contribution in [-0.4, -0.2) is 5.78 Å². The fourth-order valence-electron chi connectivity index (χ4n) is 3.62. The lowest BCUT2D eigenvalue weighted by Gasteiger charge is -2.30. The number of hydrogen-bond donors (Lipinski definition) is 1. The Bertz CT molecular complexity index is 751. The molecule has 0 radical (unpaired) electrons. The molecule has 0 aromatic heterocycles. The lowest BCUT2D eigenvalue weighted by molar-refractivity contribution is 0.0927. The monoisotopic (exact) mass is 279 g/mol. The van der Waals surface area contributed by atoms with Crippen molar-refractivity contribution in [2.45, 2.75) is 25.7 Å². The highest BCUT2D eigenvalue weighted by atomic mass is 16.5. The SMILES string of the molecule is CC1CCc2cc(N)cc3c2C1C(=O)c1ccccc1O3. The van der Waals surface area contributed by atoms with Crippen molar-refractivity contribution in [2.75, 3.05) is 5.73 Å². The van der Waals surface area contributed by atoms with Gasteiger partial charge in [0.2, 0.25) is 0 Å². The number of nitrogens with two attached hydrogens (primary N) is 1. The molecule has 0 saturated carbocycles. The minimum atomic E-state index is -0.118. The van der Waals surface area contributed by atoms with Gasteiger partial charge in [0.1, 0.15) is 11.5 Å². The molecule has 0 amide bonds. The van der Waals surface area contributed by atoms with Crippen LogP contribution in [0.3, 0.4) is 0 Å². The molecular formula is C18H17NO2. The number of hydrogen-bond acceptors (Lipinski definition) is 3. The number of rotatable bonds is 0. The molecule has 1 heterocycles. The maximum atomic E-state index is 13.0. The Hall–Kier alpha value is -2.29. The number of benzene rings is 2. The second-order valence-electron chi connectivity index (χ2n) is 6.05. The van der Waals surface area contributed by atoms with Crippen LogP contribution in [0.2, 0.25) is 0 Å². The van der Waals surface area contributed by atoms with E-state index in [2.05, 4.69) is 6.92 Å². The Labute approximate surface area is 123 Å². The summed E-state index contributed by atoms with van der Waals surface area (Å²) in [6.07, 6.45) is 1.96. The van der Waals surface area contributed by atoms with Gasteiger partial charge in [0.05, 0.1) is 11.5 Å². The number of ketones is 1. The maximum absolute atomic E-state index is 13.0. The van der Waals surface area contributed by atoms with Gasteiger partial charge in [0, 0.05) is 17.3 Å². The number of ether oxygens (including phenoxy) is 1. The number of nitrogen functional groups attached to an aromatic ring is 1. The zero-order valence-corrected chi connectivity index (χ0v) is 11.9. The predicted octanol–water partition coefficient (Wildman–Crippen LogP) is 3.92. The summed E-state index contributed by atoms with van der Waals surface area (Å²) in [5, 5.41) is 0. The van der Waals surface area contributed by atoms with Crippen molar-refractivity contribution >= 4 is 11.5 Å². The molecule has 1 aliphatic heterocycles. The topological polar surface area (TPSA) is 52.3 Å². The molecule has 2 atom stereocenters. The second kappa shape index (κ2) is 4.35. The molecule has 106 valence electrons. The Morgan fingerprint density at radius 1 is 1.19 bits per heavy atom. The van der Waals surface area contributed by atoms with Crippen LogP contribution in [0, 0.1) is 5.92 Å². The smallest absolute Gasteiger partial charge is 0.174 e. The van der Waals surface area contributed by atoms with Crippen LogP contribution in [0.5, 0.6) is 11.5 Å². The van der Waals surface area contributed by atoms with Crippen LogP contribution in [0.25, 0.3) is 0 Å². The minimum absolute atomic E-state index is 0.118. The number of aryl methyl sites for hydroxylation is 1. The third-order valence-corrected chi connectivity index (χ3v) is 4.65. The number of fused-ring (bicyclic) bond motifs is 1. The minimum Gasteiger partial charge on any atom is -0.456 e. The third kappa shape index (κ3) is 1.77. The summed E-state index contributed by atoms with van der Waals surface area (Å²) in [7, 11) is 0. The molecule has 4 rings (SSSR count). The summed E-state index contributed by atoms with van der Waals surface area (Å²) in [4.78, 5) is 13.0. The zero-order valence-electron chi connectivity index (χ0n) is 11.9. The number of carbonyl (C=O) groups excluding carboxylic acids is 1. The van der Waals surface area contributed by atoms with Crippen molar-refractivity contribution in [3.05, 3.63) is 53.1 Å². The Balaban J connectivity index is 2.02. The summed E-state index contributed by atoms with van der Waals surface area (Å²) in [6.45, 7) is 2.15. The van der Waals surface area contributed by atoms with E-state index >= 15 is 0 Å². The molecule has 3 heteroatoms. The van der Waals surface area contributed by atoms with Gasteiger partial charge < -0.3 is 10.5 Å². The first-order valence-corrected chi connectivity index (χ1v) is 7.38. The average Bonchev–Trinajstić information content (AvgIpc) is 2.59. The summed E-state index contributed by atoms with van der Waals surface area (Å²) >= 11 is 0. The van der Waals surface area contributed by atoms with E-state index in [-0.39, 0.29) is 11.7 Å². The molecule has 0 bridgehead atoms. The molecule has 3 nitrogen and oxygen atoms in total. The summed E-state index contributed by atoms with van der Waals surface area (Å²) in [5.74, 6) is 1.76. The highest BCUT2D eigenvalue weighted by Crippen LogP contribution is 2.48. The van der Waals surface area contributed by atoms with E-state index in [0.29, 0.717) is 22.9 Å². The fourth-order valence-corrected chi connectivity index (χ4v) is 3.62. The molecule has 2 unspecified atom stereocenters. The zero-order chi connectivity index (χ0) is 14.6. The summed E-state index contributed by atoms with van der Waals surface area (Å²) in [6, 6.07) is 11.3. The second-order valence-corrected chi connectivity index (χ2v) is 6.05. The van der Waals surface area contributed by atoms with Gasteiger partial charge in [-0.05, 0) is 42.5 Å². The quantitative estimate of drug-likeness (QED) is 0.743. The largest absolute Gasteiger partial charge is 0.456 e. The first-order valence-electron chi connectivity index (χ1n) is 7.38. The molecule has 2 N–H and O–H groups in total. The highest BCUT2D eigenvalue weighted by Gasteiger charge is 2.38. The van der Waals surface area contributed by atoms with Gasteiger partial charge in [-0.25, -0.2) is 0 Å². The molecule has 1 aliphatic carbocycles. The van der Waals surface area contributed by atoms with Crippen LogP contribution in [-0.2, 0) is 6.42 Å². The Morgan fingerprint density at radius 2 is 2.00 bits per heavy atom. The van der Waals surface area contributed by atoms with Gasteiger partial charge in [0.15, 0.2) is 5.78 Å². The van der Waals surface area contributed by atoms with E-state index in [1.165, 1.54) is 0 Å². The standard InChI is InChI=1S/C18H17NO2/c1-10-6-7-11-8-12(19)9-15-17(11)16(10)18(20)13-4-2-3-5-14(13)21-15/h2-5,8-10,16H,6-7,19H2,1H3. The van der Waals surface area contributed by atoms with Crippen molar-refractivity contribution in [1.29, 1.82) is 0 Å². The first-order chi connectivity index (χ1) is 10.1. The molecule has 0 fully saturated rings. The van der Waals surface area contributed by atoms with Crippen molar-refractivity contribution in [3.63, 3.8) is 0 Å². The Kier molecular flexibility index (Phi) is 2.58. The van der Waals surface area contributed by atoms with Crippen LogP contribution in [0.15, 0.2) is 36.4 Å². The molecule has 2 aromatic carbocycles. The number of Topliss-reactive ketones (excluding diaryl/α,β-unsaturated/α-hetero) is 1. The van der Waals surface area contributed by atoms with Crippen molar-refractivity contribution in [3.8, 4) is 11.5 Å². The van der Waals surface area contributed by atoms with Crippen molar-refractivity contribution in [1.82, 2.24) is 0 Å². The highest BCUT2D eigenvalue weighted by molar-refractivity contribution is 6.05. The number of anilines is 1. The van der Waals surface area contributed by atoms with Gasteiger partial charge in [-0.3, -0.25) is 4.79 Å². The van der Waals surface area contributed by atoms with Crippen LogP contribution in [0.1, 0.15) is 40.7 Å². The number of para-hydroxylation sites is 1. The van der Waals surface area contributed by atoms with Crippen molar-refractivity contribution < 1.29 is 9.53 Å². The van der Waals surface area contributed by atoms with Crippen LogP contribution in [0.4, 0.5) is 5.69 Å². The third-order valence-electron chi connectivity index (χ3n) is 4.65. The molecule has 0 saturated heterocycles. The Morgan fingerprint density at radius 3 is 2.86 bits per heavy atom. The van der Waals surface area contributed by atoms with E-state index in [1.807, 2.05) is 36.4 Å². The van der Waals surface area contributed by atoms with E-state index in [1.54, 1.807) is 0 Å². The van der Waals surface area contributed by atoms with Gasteiger partial charge in [0.25, 0.3) is 0 Å². The van der Waals surface area contributed by atoms with E-state index < -0.39 is 0 Å². The molecular weight excluding hydrogens is 262 g/mol. The normalized spacial score (nSPS) is 22.8. The van der Waals surface area contributed by atoms with E-state index in [0.717, 1.165) is 29.7 Å². The average molecular weight is 279 g/mol. The van der Waals surface area contributed by atoms with E-state index in [4.69, 9.17) is 10.5 Å². The van der Waals surface area contributed by atoms with Crippen molar-refractivity contribution in [2.24, 2.45) is 5.92 Å². The molecule has 2 aliphatic rings. The first kappa shape index (κ1) is 12.5. The lowest BCUT2D eigenvalue weighted by Crippen LogP contribution is -2.25. The summed E-state index contributed by atoms with van der Waals surface area (Å²) < 4.78 is 6.05. The van der Waals surface area contributed by atoms with E-state index in [9.17, 15) is 4.79 Å². The predicted molar refractivity (Wildman–Crippen MR) is 81.9 cm³/mol. The molecule has 0 spiro atoms. The van der Waals surface area contributed by atoms with Gasteiger partial charge in [-0.2, -0.15) is 0 Å². The van der Waals surface area contributed by atoms with Gasteiger partial charge in [-0.1, -0.05) is 19.1 Å². The van der Waals surface area contributed by atoms with Crippen LogP contribution >= 0.6 is 0 Å². The molecule has 21 heavy (non-hydrogen) atoms. The fraction of sp³-hybridized carbons (Fsp3) is 0.278. The van der Waals surface area contributed by atoms with Gasteiger partial charge in [-0.15, -0.1) is 0 Å².